The minimum Gasteiger partial charge on any atom is -0.383 e. The number of methoxy groups -OCH3 is 1. The van der Waals surface area contributed by atoms with Crippen LogP contribution in [-0.4, -0.2) is 40.6 Å². The second-order valence-corrected chi connectivity index (χ2v) is 8.59. The number of para-hydroxylation sites is 1. The van der Waals surface area contributed by atoms with Gasteiger partial charge in [-0.3, -0.25) is 14.2 Å². The third-order valence-electron chi connectivity index (χ3n) is 6.28. The molecular formula is C30H31N3O3. The maximum atomic E-state index is 13.7. The quantitative estimate of drug-likeness (QED) is 0.308. The van der Waals surface area contributed by atoms with Gasteiger partial charge in [-0.2, -0.15) is 0 Å². The van der Waals surface area contributed by atoms with Crippen LogP contribution in [0.4, 0.5) is 0 Å². The minimum atomic E-state index is -0.490. The molecule has 0 aliphatic rings. The van der Waals surface area contributed by atoms with E-state index in [9.17, 15) is 9.59 Å². The normalized spacial score (nSPS) is 12.2. The highest BCUT2D eigenvalue weighted by Crippen LogP contribution is 2.23. The largest absolute Gasteiger partial charge is 0.383 e. The average Bonchev–Trinajstić information content (AvgIpc) is 2.92. The minimum absolute atomic E-state index is 0.161. The number of amides is 1. The van der Waals surface area contributed by atoms with Gasteiger partial charge in [0.15, 0.2) is 0 Å². The SMILES string of the molecule is CCc1ccc(-n2c(C(C)N(CCOC)C(=O)/C=C/c3ccccc3)nc3ccccc3c2=O)cc1. The molecule has 36 heavy (non-hydrogen) atoms. The Morgan fingerprint density at radius 3 is 2.42 bits per heavy atom. The van der Waals surface area contributed by atoms with Gasteiger partial charge in [-0.05, 0) is 54.8 Å². The van der Waals surface area contributed by atoms with Crippen LogP contribution in [0.2, 0.25) is 0 Å². The molecule has 0 spiro atoms. The van der Waals surface area contributed by atoms with Crippen LogP contribution in [0, 0.1) is 0 Å². The zero-order chi connectivity index (χ0) is 25.5. The molecule has 3 aromatic carbocycles. The Bertz CT molecular complexity index is 1410. The molecule has 0 radical (unpaired) electrons. The second-order valence-electron chi connectivity index (χ2n) is 8.59. The molecule has 1 unspecified atom stereocenters. The number of carbonyl (C=O) groups excluding carboxylic acids is 1. The predicted octanol–water partition coefficient (Wildman–Crippen LogP) is 5.20. The van der Waals surface area contributed by atoms with Gasteiger partial charge in [-0.15, -0.1) is 0 Å². The van der Waals surface area contributed by atoms with Crippen LogP contribution < -0.4 is 5.56 Å². The van der Waals surface area contributed by atoms with Gasteiger partial charge in [0.05, 0.1) is 29.2 Å². The van der Waals surface area contributed by atoms with Crippen LogP contribution in [0.5, 0.6) is 0 Å². The number of rotatable bonds is 9. The van der Waals surface area contributed by atoms with E-state index in [4.69, 9.17) is 9.72 Å². The van der Waals surface area contributed by atoms with Crippen LogP contribution >= 0.6 is 0 Å². The summed E-state index contributed by atoms with van der Waals surface area (Å²) in [4.78, 5) is 33.7. The zero-order valence-electron chi connectivity index (χ0n) is 20.9. The summed E-state index contributed by atoms with van der Waals surface area (Å²) in [5.74, 6) is 0.319. The van der Waals surface area contributed by atoms with Crippen LogP contribution in [0.3, 0.4) is 0 Å². The van der Waals surface area contributed by atoms with Crippen LogP contribution in [-0.2, 0) is 16.0 Å². The molecule has 0 bridgehead atoms. The number of ether oxygens (including phenoxy) is 1. The maximum Gasteiger partial charge on any atom is 0.266 e. The first-order chi connectivity index (χ1) is 17.5. The van der Waals surface area contributed by atoms with Gasteiger partial charge in [0.2, 0.25) is 5.91 Å². The van der Waals surface area contributed by atoms with Gasteiger partial charge in [-0.25, -0.2) is 4.98 Å². The molecule has 1 aromatic heterocycles. The Labute approximate surface area is 211 Å². The van der Waals surface area contributed by atoms with E-state index in [0.29, 0.717) is 29.9 Å². The van der Waals surface area contributed by atoms with E-state index < -0.39 is 6.04 Å². The highest BCUT2D eigenvalue weighted by atomic mass is 16.5. The number of aromatic nitrogens is 2. The van der Waals surface area contributed by atoms with Crippen molar-refractivity contribution in [2.75, 3.05) is 20.3 Å². The van der Waals surface area contributed by atoms with Gasteiger partial charge in [0.1, 0.15) is 5.82 Å². The van der Waals surface area contributed by atoms with E-state index >= 15 is 0 Å². The molecule has 6 heteroatoms. The van der Waals surface area contributed by atoms with Gasteiger partial charge < -0.3 is 9.64 Å². The van der Waals surface area contributed by atoms with Crippen molar-refractivity contribution in [2.24, 2.45) is 0 Å². The lowest BCUT2D eigenvalue weighted by atomic mass is 10.1. The van der Waals surface area contributed by atoms with Crippen LogP contribution in [0.15, 0.2) is 89.7 Å². The van der Waals surface area contributed by atoms with Crippen molar-refractivity contribution in [3.63, 3.8) is 0 Å². The molecule has 1 amide bonds. The molecular weight excluding hydrogens is 450 g/mol. The van der Waals surface area contributed by atoms with Gasteiger partial charge in [-0.1, -0.05) is 61.5 Å². The Kier molecular flexibility index (Phi) is 8.08. The molecule has 0 saturated heterocycles. The maximum absolute atomic E-state index is 13.7. The van der Waals surface area contributed by atoms with Crippen molar-refractivity contribution in [1.82, 2.24) is 14.5 Å². The van der Waals surface area contributed by atoms with Crippen molar-refractivity contribution in [3.8, 4) is 5.69 Å². The number of hydrogen-bond acceptors (Lipinski definition) is 4. The summed E-state index contributed by atoms with van der Waals surface area (Å²) in [7, 11) is 1.60. The van der Waals surface area contributed by atoms with Crippen LogP contribution in [0.1, 0.15) is 36.8 Å². The molecule has 0 aliphatic heterocycles. The van der Waals surface area contributed by atoms with Crippen molar-refractivity contribution in [3.05, 3.63) is 112 Å². The summed E-state index contributed by atoms with van der Waals surface area (Å²) in [6, 6.07) is 24.4. The van der Waals surface area contributed by atoms with E-state index in [-0.39, 0.29) is 11.5 Å². The highest BCUT2D eigenvalue weighted by Gasteiger charge is 2.25. The Balaban J connectivity index is 1.81. The first kappa shape index (κ1) is 25.1. The Morgan fingerprint density at radius 2 is 1.72 bits per heavy atom. The van der Waals surface area contributed by atoms with E-state index in [1.807, 2.05) is 79.7 Å². The van der Waals surface area contributed by atoms with E-state index in [1.54, 1.807) is 34.8 Å². The number of nitrogens with zero attached hydrogens (tertiary/aromatic N) is 3. The molecule has 0 saturated carbocycles. The topological polar surface area (TPSA) is 64.4 Å². The van der Waals surface area contributed by atoms with Gasteiger partial charge in [0, 0.05) is 19.7 Å². The lowest BCUT2D eigenvalue weighted by Gasteiger charge is -2.29. The molecule has 0 fully saturated rings. The van der Waals surface area contributed by atoms with Crippen molar-refractivity contribution in [2.45, 2.75) is 26.3 Å². The van der Waals surface area contributed by atoms with E-state index in [1.165, 1.54) is 5.56 Å². The fourth-order valence-corrected chi connectivity index (χ4v) is 4.21. The summed E-state index contributed by atoms with van der Waals surface area (Å²) in [6.07, 6.45) is 4.25. The summed E-state index contributed by atoms with van der Waals surface area (Å²) in [5.41, 5.74) is 3.27. The number of hydrogen-bond donors (Lipinski definition) is 0. The van der Waals surface area contributed by atoms with E-state index in [2.05, 4.69) is 6.92 Å². The van der Waals surface area contributed by atoms with E-state index in [0.717, 1.165) is 17.7 Å². The molecule has 0 aliphatic carbocycles. The second kappa shape index (κ2) is 11.6. The Hall–Kier alpha value is -4.03. The summed E-state index contributed by atoms with van der Waals surface area (Å²) in [5, 5.41) is 0.534. The number of carbonyl (C=O) groups is 1. The average molecular weight is 482 g/mol. The molecule has 4 aromatic rings. The van der Waals surface area contributed by atoms with Crippen molar-refractivity contribution >= 4 is 22.9 Å². The van der Waals surface area contributed by atoms with Crippen molar-refractivity contribution in [1.29, 1.82) is 0 Å². The molecule has 184 valence electrons. The van der Waals surface area contributed by atoms with Gasteiger partial charge in [0.25, 0.3) is 5.56 Å². The predicted molar refractivity (Wildman–Crippen MR) is 144 cm³/mol. The summed E-state index contributed by atoms with van der Waals surface area (Å²) < 4.78 is 6.92. The number of benzene rings is 3. The molecule has 6 nitrogen and oxygen atoms in total. The Morgan fingerprint density at radius 1 is 1.03 bits per heavy atom. The fraction of sp³-hybridized carbons (Fsp3) is 0.233. The first-order valence-electron chi connectivity index (χ1n) is 12.2. The summed E-state index contributed by atoms with van der Waals surface area (Å²) in [6.45, 7) is 4.71. The zero-order valence-corrected chi connectivity index (χ0v) is 20.9. The first-order valence-corrected chi connectivity index (χ1v) is 12.2. The lowest BCUT2D eigenvalue weighted by molar-refractivity contribution is -0.129. The third-order valence-corrected chi connectivity index (χ3v) is 6.28. The summed E-state index contributed by atoms with van der Waals surface area (Å²) >= 11 is 0. The molecule has 0 N–H and O–H groups in total. The highest BCUT2D eigenvalue weighted by molar-refractivity contribution is 5.92. The lowest BCUT2D eigenvalue weighted by Crippen LogP contribution is -2.38. The number of aryl methyl sites for hydroxylation is 1. The standard InChI is InChI=1S/C30H31N3O3/c1-4-23-14-17-25(18-15-23)33-29(31-27-13-9-8-12-26(27)30(33)35)22(2)32(20-21-36-3)28(34)19-16-24-10-6-5-7-11-24/h5-19,22H,4,20-21H2,1-3H3/b19-16+. The molecule has 4 rings (SSSR count). The fourth-order valence-electron chi connectivity index (χ4n) is 4.21. The van der Waals surface area contributed by atoms with Crippen molar-refractivity contribution < 1.29 is 9.53 Å². The molecule has 1 heterocycles. The monoisotopic (exact) mass is 481 g/mol. The molecule has 1 atom stereocenters. The van der Waals surface area contributed by atoms with Crippen LogP contribution in [0.25, 0.3) is 22.7 Å². The third kappa shape index (κ3) is 5.44. The number of fused-ring (bicyclic) bond motifs is 1. The smallest absolute Gasteiger partial charge is 0.266 e. The van der Waals surface area contributed by atoms with Gasteiger partial charge >= 0.3 is 0 Å².